The molecule has 0 unspecified atom stereocenters. The Morgan fingerprint density at radius 2 is 2.35 bits per heavy atom. The van der Waals surface area contributed by atoms with E-state index < -0.39 is 0 Å². The van der Waals surface area contributed by atoms with Crippen LogP contribution in [0.25, 0.3) is 0 Å². The van der Waals surface area contributed by atoms with Gasteiger partial charge in [-0.1, -0.05) is 11.6 Å². The van der Waals surface area contributed by atoms with Gasteiger partial charge in [0.05, 0.1) is 4.88 Å². The van der Waals surface area contributed by atoms with E-state index in [-0.39, 0.29) is 0 Å². The molecule has 0 aliphatic carbocycles. The van der Waals surface area contributed by atoms with Crippen LogP contribution < -0.4 is 4.74 Å². The number of benzene rings is 1. The van der Waals surface area contributed by atoms with Crippen molar-refractivity contribution in [2.75, 3.05) is 0 Å². The molecule has 0 aliphatic heterocycles. The summed E-state index contributed by atoms with van der Waals surface area (Å²) in [5.74, 6) is 0.745. The Hall–Kier alpha value is -1.39. The number of nitrogens with zero attached hydrogens (tertiary/aromatic N) is 1. The zero-order valence-corrected chi connectivity index (χ0v) is 10.7. The SMILES string of the molecule is Cc1cc(OCc2ncc(C=O)s2)ccc1Cl. The van der Waals surface area contributed by atoms with E-state index in [1.807, 2.05) is 19.1 Å². The highest BCUT2D eigenvalue weighted by molar-refractivity contribution is 7.13. The summed E-state index contributed by atoms with van der Waals surface area (Å²) < 4.78 is 5.56. The summed E-state index contributed by atoms with van der Waals surface area (Å²) in [6.07, 6.45) is 2.33. The summed E-state index contributed by atoms with van der Waals surface area (Å²) >= 11 is 7.24. The molecule has 0 atom stereocenters. The minimum absolute atomic E-state index is 0.361. The summed E-state index contributed by atoms with van der Waals surface area (Å²) in [6, 6.07) is 5.48. The van der Waals surface area contributed by atoms with Gasteiger partial charge in [-0.2, -0.15) is 0 Å². The maximum absolute atomic E-state index is 10.5. The van der Waals surface area contributed by atoms with Crippen molar-refractivity contribution in [3.8, 4) is 5.75 Å². The number of aryl methyl sites for hydroxylation is 1. The Kier molecular flexibility index (Phi) is 3.76. The van der Waals surface area contributed by atoms with Gasteiger partial charge in [0.2, 0.25) is 0 Å². The number of halogens is 1. The molecular formula is C12H10ClNO2S. The van der Waals surface area contributed by atoms with Crippen LogP contribution >= 0.6 is 22.9 Å². The quantitative estimate of drug-likeness (QED) is 0.796. The number of carbonyl (C=O) groups is 1. The summed E-state index contributed by atoms with van der Waals surface area (Å²) in [5.41, 5.74) is 0.969. The lowest BCUT2D eigenvalue weighted by atomic mass is 10.2. The Morgan fingerprint density at radius 3 is 3.00 bits per heavy atom. The number of rotatable bonds is 4. The fourth-order valence-electron chi connectivity index (χ4n) is 1.30. The topological polar surface area (TPSA) is 39.2 Å². The minimum atomic E-state index is 0.361. The highest BCUT2D eigenvalue weighted by Crippen LogP contribution is 2.22. The van der Waals surface area contributed by atoms with Crippen LogP contribution in [-0.2, 0) is 6.61 Å². The van der Waals surface area contributed by atoms with Gasteiger partial charge in [0.15, 0.2) is 6.29 Å². The van der Waals surface area contributed by atoms with Gasteiger partial charge in [-0.25, -0.2) is 4.98 Å². The number of aromatic nitrogens is 1. The van der Waals surface area contributed by atoms with Crippen molar-refractivity contribution >= 4 is 29.2 Å². The molecule has 0 bridgehead atoms. The average molecular weight is 268 g/mol. The summed E-state index contributed by atoms with van der Waals surface area (Å²) in [6.45, 7) is 2.28. The van der Waals surface area contributed by atoms with Crippen LogP contribution in [0.1, 0.15) is 20.2 Å². The number of thiazole rings is 1. The van der Waals surface area contributed by atoms with Gasteiger partial charge in [0.1, 0.15) is 17.4 Å². The standard InChI is InChI=1S/C12H10ClNO2S/c1-8-4-9(2-3-11(8)13)16-7-12-14-5-10(6-15)17-12/h2-6H,7H2,1H3. The van der Waals surface area contributed by atoms with Crippen molar-refractivity contribution in [2.45, 2.75) is 13.5 Å². The molecule has 0 radical (unpaired) electrons. The van der Waals surface area contributed by atoms with Crippen molar-refractivity contribution in [3.05, 3.63) is 44.9 Å². The Labute approximate surface area is 108 Å². The number of hydrogen-bond donors (Lipinski definition) is 0. The Bertz CT molecular complexity index is 539. The van der Waals surface area contributed by atoms with Gasteiger partial charge in [-0.3, -0.25) is 4.79 Å². The lowest BCUT2D eigenvalue weighted by molar-refractivity contribution is 0.112. The molecule has 0 saturated carbocycles. The fraction of sp³-hybridized carbons (Fsp3) is 0.167. The van der Waals surface area contributed by atoms with Crippen molar-refractivity contribution < 1.29 is 9.53 Å². The van der Waals surface area contributed by atoms with E-state index in [9.17, 15) is 4.79 Å². The zero-order valence-electron chi connectivity index (χ0n) is 9.14. The molecule has 88 valence electrons. The van der Waals surface area contributed by atoms with Gasteiger partial charge in [0.25, 0.3) is 0 Å². The predicted octanol–water partition coefficient (Wildman–Crippen LogP) is 3.50. The second kappa shape index (κ2) is 5.29. The number of ether oxygens (including phenoxy) is 1. The Morgan fingerprint density at radius 1 is 1.53 bits per heavy atom. The van der Waals surface area contributed by atoms with Gasteiger partial charge in [-0.05, 0) is 30.7 Å². The highest BCUT2D eigenvalue weighted by atomic mass is 35.5. The molecule has 0 aliphatic rings. The van der Waals surface area contributed by atoms with Crippen molar-refractivity contribution in [1.29, 1.82) is 0 Å². The molecule has 1 heterocycles. The third-order valence-electron chi connectivity index (χ3n) is 2.18. The van der Waals surface area contributed by atoms with E-state index in [0.29, 0.717) is 11.5 Å². The first-order chi connectivity index (χ1) is 8.19. The molecule has 0 amide bonds. The summed E-state index contributed by atoms with van der Waals surface area (Å²) in [4.78, 5) is 15.2. The van der Waals surface area contributed by atoms with Crippen LogP contribution in [0.3, 0.4) is 0 Å². The molecule has 17 heavy (non-hydrogen) atoms. The third kappa shape index (κ3) is 3.05. The summed E-state index contributed by atoms with van der Waals surface area (Å²) in [5, 5.41) is 1.49. The van der Waals surface area contributed by atoms with E-state index in [4.69, 9.17) is 16.3 Å². The molecule has 2 rings (SSSR count). The van der Waals surface area contributed by atoms with E-state index >= 15 is 0 Å². The number of hydrogen-bond acceptors (Lipinski definition) is 4. The highest BCUT2D eigenvalue weighted by Gasteiger charge is 2.03. The van der Waals surface area contributed by atoms with Gasteiger partial charge in [0, 0.05) is 11.2 Å². The van der Waals surface area contributed by atoms with Gasteiger partial charge >= 0.3 is 0 Å². The zero-order chi connectivity index (χ0) is 12.3. The normalized spacial score (nSPS) is 10.2. The second-order valence-electron chi connectivity index (χ2n) is 3.47. The molecule has 3 nitrogen and oxygen atoms in total. The van der Waals surface area contributed by atoms with Crippen LogP contribution in [0.15, 0.2) is 24.4 Å². The van der Waals surface area contributed by atoms with Crippen LogP contribution in [0.5, 0.6) is 5.75 Å². The molecule has 1 aromatic carbocycles. The lowest BCUT2D eigenvalue weighted by Gasteiger charge is -2.05. The number of carbonyl (C=O) groups excluding carboxylic acids is 1. The van der Waals surface area contributed by atoms with Crippen molar-refractivity contribution in [2.24, 2.45) is 0 Å². The largest absolute Gasteiger partial charge is 0.486 e. The van der Waals surface area contributed by atoms with E-state index in [2.05, 4.69) is 4.98 Å². The third-order valence-corrected chi connectivity index (χ3v) is 3.50. The lowest BCUT2D eigenvalue weighted by Crippen LogP contribution is -1.94. The molecule has 0 fully saturated rings. The molecule has 0 spiro atoms. The number of aldehydes is 1. The van der Waals surface area contributed by atoms with Gasteiger partial charge < -0.3 is 4.74 Å². The van der Waals surface area contributed by atoms with Crippen molar-refractivity contribution in [3.63, 3.8) is 0 Å². The fourth-order valence-corrected chi connectivity index (χ4v) is 2.06. The molecular weight excluding hydrogens is 258 g/mol. The van der Waals surface area contributed by atoms with Crippen LogP contribution in [0.2, 0.25) is 5.02 Å². The minimum Gasteiger partial charge on any atom is -0.486 e. The average Bonchev–Trinajstić information content (AvgIpc) is 2.79. The smallest absolute Gasteiger partial charge is 0.161 e. The van der Waals surface area contributed by atoms with Crippen molar-refractivity contribution in [1.82, 2.24) is 4.98 Å². The first-order valence-corrected chi connectivity index (χ1v) is 6.17. The maximum atomic E-state index is 10.5. The van der Waals surface area contributed by atoms with E-state index in [1.54, 1.807) is 12.3 Å². The molecule has 2 aromatic rings. The van der Waals surface area contributed by atoms with E-state index in [0.717, 1.165) is 27.6 Å². The van der Waals surface area contributed by atoms with Gasteiger partial charge in [-0.15, -0.1) is 11.3 Å². The van der Waals surface area contributed by atoms with Crippen LogP contribution in [0, 0.1) is 6.92 Å². The maximum Gasteiger partial charge on any atom is 0.161 e. The van der Waals surface area contributed by atoms with Crippen LogP contribution in [0.4, 0.5) is 0 Å². The molecule has 5 heteroatoms. The predicted molar refractivity (Wildman–Crippen MR) is 68.0 cm³/mol. The first kappa shape index (κ1) is 12.1. The van der Waals surface area contributed by atoms with Crippen LogP contribution in [-0.4, -0.2) is 11.3 Å². The Balaban J connectivity index is 2.01. The monoisotopic (exact) mass is 267 g/mol. The second-order valence-corrected chi connectivity index (χ2v) is 5.03. The first-order valence-electron chi connectivity index (χ1n) is 4.98. The molecule has 0 saturated heterocycles. The molecule has 1 aromatic heterocycles. The summed E-state index contributed by atoms with van der Waals surface area (Å²) in [7, 11) is 0. The van der Waals surface area contributed by atoms with E-state index in [1.165, 1.54) is 11.3 Å². The molecule has 0 N–H and O–H groups in total.